The van der Waals surface area contributed by atoms with E-state index in [0.717, 1.165) is 12.8 Å². The van der Waals surface area contributed by atoms with Crippen LogP contribution >= 0.6 is 0 Å². The average Bonchev–Trinajstić information content (AvgIpc) is 3.30. The summed E-state index contributed by atoms with van der Waals surface area (Å²) in [5, 5.41) is 12.7. The number of benzene rings is 1. The predicted molar refractivity (Wildman–Crippen MR) is 80.9 cm³/mol. The Morgan fingerprint density at radius 2 is 2.09 bits per heavy atom. The van der Waals surface area contributed by atoms with Gasteiger partial charge in [-0.05, 0) is 25.0 Å². The lowest BCUT2D eigenvalue weighted by Gasteiger charge is -2.16. The highest BCUT2D eigenvalue weighted by atomic mass is 16.5. The number of esters is 1. The van der Waals surface area contributed by atoms with E-state index in [9.17, 15) is 19.5 Å². The summed E-state index contributed by atoms with van der Waals surface area (Å²) in [4.78, 5) is 37.6. The zero-order chi connectivity index (χ0) is 16.6. The van der Waals surface area contributed by atoms with Crippen LogP contribution in [0.5, 0.6) is 5.75 Å². The molecule has 1 aromatic rings. The second-order valence-corrected chi connectivity index (χ2v) is 5.86. The summed E-state index contributed by atoms with van der Waals surface area (Å²) in [5.41, 5.74) is 0.114. The fraction of sp³-hybridized carbons (Fsp3) is 0.438. The number of hydrogen-bond acceptors (Lipinski definition) is 5. The summed E-state index contributed by atoms with van der Waals surface area (Å²) in [6, 6.07) is 4.73. The van der Waals surface area contributed by atoms with Gasteiger partial charge >= 0.3 is 5.97 Å². The predicted octanol–water partition coefficient (Wildman–Crippen LogP) is 1.13. The molecular weight excluding hydrogens is 300 g/mol. The second kappa shape index (κ2) is 5.91. The van der Waals surface area contributed by atoms with Gasteiger partial charge in [0.25, 0.3) is 0 Å². The third-order valence-corrected chi connectivity index (χ3v) is 4.22. The molecule has 2 fully saturated rings. The maximum Gasteiger partial charge on any atom is 0.341 e. The van der Waals surface area contributed by atoms with Crippen molar-refractivity contribution in [3.8, 4) is 5.75 Å². The Hall–Kier alpha value is -2.57. The van der Waals surface area contributed by atoms with Crippen LogP contribution in [0.3, 0.4) is 0 Å². The Balaban J connectivity index is 1.71. The van der Waals surface area contributed by atoms with E-state index in [1.165, 1.54) is 25.3 Å². The van der Waals surface area contributed by atoms with E-state index in [2.05, 4.69) is 10.1 Å². The van der Waals surface area contributed by atoms with E-state index in [4.69, 9.17) is 0 Å². The smallest absolute Gasteiger partial charge is 0.341 e. The van der Waals surface area contributed by atoms with Crippen molar-refractivity contribution in [2.75, 3.05) is 19.0 Å². The van der Waals surface area contributed by atoms with Crippen LogP contribution in [0.25, 0.3) is 0 Å². The third kappa shape index (κ3) is 2.99. The molecule has 1 aromatic carbocycles. The number of hydrogen-bond donors (Lipinski definition) is 2. The number of anilines is 1. The van der Waals surface area contributed by atoms with Crippen LogP contribution < -0.4 is 5.32 Å². The van der Waals surface area contributed by atoms with E-state index in [1.807, 2.05) is 0 Å². The summed E-state index contributed by atoms with van der Waals surface area (Å²) in [5.74, 6) is -1.80. The molecular formula is C16H18N2O5. The third-order valence-electron chi connectivity index (χ3n) is 4.22. The van der Waals surface area contributed by atoms with Gasteiger partial charge in [0, 0.05) is 19.0 Å². The lowest BCUT2D eigenvalue weighted by Crippen LogP contribution is -2.29. The normalized spacial score (nSPS) is 20.5. The summed E-state index contributed by atoms with van der Waals surface area (Å²) in [6.07, 6.45) is 2.18. The Morgan fingerprint density at radius 1 is 1.35 bits per heavy atom. The number of carbonyl (C=O) groups is 3. The van der Waals surface area contributed by atoms with Gasteiger partial charge in [-0.15, -0.1) is 0 Å². The minimum atomic E-state index is -0.686. The Bertz CT molecular complexity index is 668. The van der Waals surface area contributed by atoms with E-state index in [-0.39, 0.29) is 41.3 Å². The molecule has 7 heteroatoms. The van der Waals surface area contributed by atoms with Crippen LogP contribution in [0.15, 0.2) is 18.2 Å². The highest BCUT2D eigenvalue weighted by Gasteiger charge is 2.41. The molecule has 3 rings (SSSR count). The first-order valence-corrected chi connectivity index (χ1v) is 7.52. The van der Waals surface area contributed by atoms with Crippen LogP contribution in [0.1, 0.15) is 29.6 Å². The van der Waals surface area contributed by atoms with Gasteiger partial charge < -0.3 is 20.1 Å². The van der Waals surface area contributed by atoms with Crippen LogP contribution in [0.4, 0.5) is 5.69 Å². The molecule has 0 bridgehead atoms. The maximum absolute atomic E-state index is 12.3. The van der Waals surface area contributed by atoms with Gasteiger partial charge in [0.2, 0.25) is 11.8 Å². The lowest BCUT2D eigenvalue weighted by molar-refractivity contribution is -0.128. The number of para-hydroxylation sites is 1. The summed E-state index contributed by atoms with van der Waals surface area (Å²) >= 11 is 0. The number of phenols is 1. The van der Waals surface area contributed by atoms with Crippen molar-refractivity contribution in [2.24, 2.45) is 5.92 Å². The number of nitrogens with one attached hydrogen (secondary N) is 1. The standard InChI is InChI=1S/C16H18N2O5/c1-23-16(22)11-3-2-4-12(14(11)20)17-15(21)9-7-13(19)18(8-9)10-5-6-10/h2-4,9-10,20H,5-8H2,1H3,(H,17,21)/t9-/m0/s1. The summed E-state index contributed by atoms with van der Waals surface area (Å²) in [7, 11) is 1.21. The molecule has 2 N–H and O–H groups in total. The van der Waals surface area contributed by atoms with Crippen LogP contribution in [0, 0.1) is 5.92 Å². The molecule has 0 spiro atoms. The first-order chi connectivity index (χ1) is 11.0. The lowest BCUT2D eigenvalue weighted by atomic mass is 10.1. The Morgan fingerprint density at radius 3 is 2.74 bits per heavy atom. The van der Waals surface area contributed by atoms with E-state index in [1.54, 1.807) is 4.90 Å². The summed E-state index contributed by atoms with van der Waals surface area (Å²) < 4.78 is 4.58. The monoisotopic (exact) mass is 318 g/mol. The molecule has 0 aromatic heterocycles. The van der Waals surface area contributed by atoms with Crippen molar-refractivity contribution < 1.29 is 24.2 Å². The second-order valence-electron chi connectivity index (χ2n) is 5.86. The molecule has 7 nitrogen and oxygen atoms in total. The van der Waals surface area contributed by atoms with Crippen molar-refractivity contribution in [1.82, 2.24) is 4.90 Å². The van der Waals surface area contributed by atoms with E-state index in [0.29, 0.717) is 6.54 Å². The number of ether oxygens (including phenoxy) is 1. The molecule has 1 aliphatic carbocycles. The van der Waals surface area contributed by atoms with Gasteiger partial charge in [0.1, 0.15) is 5.56 Å². The average molecular weight is 318 g/mol. The highest BCUT2D eigenvalue weighted by molar-refractivity contribution is 6.01. The quantitative estimate of drug-likeness (QED) is 0.641. The van der Waals surface area contributed by atoms with Gasteiger partial charge in [0.15, 0.2) is 5.75 Å². The molecule has 0 unspecified atom stereocenters. The number of amides is 2. The molecule has 122 valence electrons. The van der Waals surface area contributed by atoms with Crippen molar-refractivity contribution in [3.63, 3.8) is 0 Å². The molecule has 2 amide bonds. The number of aromatic hydroxyl groups is 1. The van der Waals surface area contributed by atoms with Gasteiger partial charge in [-0.1, -0.05) is 6.07 Å². The maximum atomic E-state index is 12.3. The van der Waals surface area contributed by atoms with Gasteiger partial charge in [-0.2, -0.15) is 0 Å². The summed E-state index contributed by atoms with van der Waals surface area (Å²) in [6.45, 7) is 0.410. The fourth-order valence-corrected chi connectivity index (χ4v) is 2.80. The first kappa shape index (κ1) is 15.3. The van der Waals surface area contributed by atoms with Crippen molar-refractivity contribution in [2.45, 2.75) is 25.3 Å². The molecule has 1 heterocycles. The van der Waals surface area contributed by atoms with Crippen molar-refractivity contribution in [1.29, 1.82) is 0 Å². The van der Waals surface area contributed by atoms with Gasteiger partial charge in [-0.3, -0.25) is 9.59 Å². The minimum Gasteiger partial charge on any atom is -0.505 e. The zero-order valence-electron chi connectivity index (χ0n) is 12.7. The first-order valence-electron chi connectivity index (χ1n) is 7.52. The number of carbonyl (C=O) groups excluding carboxylic acids is 3. The topological polar surface area (TPSA) is 95.9 Å². The van der Waals surface area contributed by atoms with Crippen molar-refractivity contribution in [3.05, 3.63) is 23.8 Å². The van der Waals surface area contributed by atoms with E-state index >= 15 is 0 Å². The number of likely N-dealkylation sites (tertiary alicyclic amines) is 1. The van der Waals surface area contributed by atoms with E-state index < -0.39 is 11.9 Å². The number of rotatable bonds is 4. The number of phenolic OH excluding ortho intramolecular Hbond substituents is 1. The van der Waals surface area contributed by atoms with Crippen LogP contribution in [-0.4, -0.2) is 47.5 Å². The fourth-order valence-electron chi connectivity index (χ4n) is 2.80. The van der Waals surface area contributed by atoms with Gasteiger partial charge in [0.05, 0.1) is 18.7 Å². The largest absolute Gasteiger partial charge is 0.505 e. The van der Waals surface area contributed by atoms with Crippen LogP contribution in [-0.2, 0) is 14.3 Å². The van der Waals surface area contributed by atoms with Crippen LogP contribution in [0.2, 0.25) is 0 Å². The Kier molecular flexibility index (Phi) is 3.94. The molecule has 1 atom stereocenters. The molecule has 1 saturated carbocycles. The zero-order valence-corrected chi connectivity index (χ0v) is 12.7. The SMILES string of the molecule is COC(=O)c1cccc(NC(=O)[C@H]2CC(=O)N(C3CC3)C2)c1O. The molecule has 2 aliphatic rings. The number of nitrogens with zero attached hydrogens (tertiary/aromatic N) is 1. The Labute approximate surface area is 133 Å². The van der Waals surface area contributed by atoms with Crippen molar-refractivity contribution >= 4 is 23.5 Å². The minimum absolute atomic E-state index is 0.000170. The van der Waals surface area contributed by atoms with Gasteiger partial charge in [-0.25, -0.2) is 4.79 Å². The number of methoxy groups -OCH3 is 1. The molecule has 23 heavy (non-hydrogen) atoms. The molecule has 1 aliphatic heterocycles. The highest BCUT2D eigenvalue weighted by Crippen LogP contribution is 2.34. The molecule has 1 saturated heterocycles. The molecule has 0 radical (unpaired) electrons.